The highest BCUT2D eigenvalue weighted by atomic mass is 16.2. The summed E-state index contributed by atoms with van der Waals surface area (Å²) >= 11 is 0. The Morgan fingerprint density at radius 3 is 2.96 bits per heavy atom. The average Bonchev–Trinajstić information content (AvgIpc) is 3.28. The summed E-state index contributed by atoms with van der Waals surface area (Å²) in [5.74, 6) is 0.322. The summed E-state index contributed by atoms with van der Waals surface area (Å²) in [5.41, 5.74) is 1.60. The topological polar surface area (TPSA) is 76.3 Å². The largest absolute Gasteiger partial charge is 0.340 e. The Morgan fingerprint density at radius 2 is 2.15 bits per heavy atom. The zero-order valence-electron chi connectivity index (χ0n) is 15.0. The number of amides is 2. The van der Waals surface area contributed by atoms with Gasteiger partial charge in [-0.1, -0.05) is 0 Å². The minimum absolute atomic E-state index is 0.0325. The predicted molar refractivity (Wildman–Crippen MR) is 94.6 cm³/mol. The van der Waals surface area contributed by atoms with Gasteiger partial charge in [0.1, 0.15) is 12.2 Å². The molecule has 1 atom stereocenters. The van der Waals surface area contributed by atoms with Crippen LogP contribution in [0.4, 0.5) is 0 Å². The van der Waals surface area contributed by atoms with Crippen molar-refractivity contribution in [2.24, 2.45) is 0 Å². The summed E-state index contributed by atoms with van der Waals surface area (Å²) in [4.78, 5) is 32.7. The number of fused-ring (bicyclic) bond motifs is 1. The van der Waals surface area contributed by atoms with Crippen LogP contribution in [0.25, 0.3) is 0 Å². The van der Waals surface area contributed by atoms with Crippen molar-refractivity contribution in [1.29, 1.82) is 0 Å². The molecule has 0 N–H and O–H groups in total. The van der Waals surface area contributed by atoms with Crippen LogP contribution < -0.4 is 0 Å². The number of rotatable bonds is 3. The van der Waals surface area contributed by atoms with E-state index in [0.717, 1.165) is 44.6 Å². The number of aromatic nitrogens is 4. The van der Waals surface area contributed by atoms with E-state index in [0.29, 0.717) is 18.8 Å². The van der Waals surface area contributed by atoms with Crippen LogP contribution in [0.3, 0.4) is 0 Å². The van der Waals surface area contributed by atoms with Crippen molar-refractivity contribution in [2.75, 3.05) is 26.7 Å². The molecule has 4 heterocycles. The third-order valence-corrected chi connectivity index (χ3v) is 5.30. The summed E-state index contributed by atoms with van der Waals surface area (Å²) < 4.78 is 3.63. The summed E-state index contributed by atoms with van der Waals surface area (Å²) in [6.07, 6.45) is 8.00. The van der Waals surface area contributed by atoms with Gasteiger partial charge in [-0.05, 0) is 25.3 Å². The van der Waals surface area contributed by atoms with Crippen molar-refractivity contribution in [3.63, 3.8) is 0 Å². The molecule has 0 saturated carbocycles. The van der Waals surface area contributed by atoms with Gasteiger partial charge in [-0.2, -0.15) is 5.10 Å². The first-order chi connectivity index (χ1) is 12.6. The molecule has 0 aliphatic carbocycles. The number of hydrogen-bond donors (Lipinski definition) is 0. The van der Waals surface area contributed by atoms with Gasteiger partial charge in [-0.3, -0.25) is 14.3 Å². The van der Waals surface area contributed by atoms with Gasteiger partial charge in [-0.25, -0.2) is 4.98 Å². The zero-order chi connectivity index (χ0) is 18.1. The molecule has 1 fully saturated rings. The van der Waals surface area contributed by atoms with E-state index in [1.54, 1.807) is 28.2 Å². The summed E-state index contributed by atoms with van der Waals surface area (Å²) in [5, 5.41) is 4.70. The van der Waals surface area contributed by atoms with Gasteiger partial charge < -0.3 is 14.4 Å². The van der Waals surface area contributed by atoms with Crippen LogP contribution in [0.5, 0.6) is 0 Å². The summed E-state index contributed by atoms with van der Waals surface area (Å²) in [6, 6.07) is 1.93. The summed E-state index contributed by atoms with van der Waals surface area (Å²) in [6.45, 7) is 3.28. The molecule has 1 saturated heterocycles. The first-order valence-corrected chi connectivity index (χ1v) is 9.18. The molecule has 26 heavy (non-hydrogen) atoms. The van der Waals surface area contributed by atoms with E-state index < -0.39 is 0 Å². The third kappa shape index (κ3) is 3.23. The average molecular weight is 356 g/mol. The Labute approximate surface area is 152 Å². The van der Waals surface area contributed by atoms with Gasteiger partial charge in [0.2, 0.25) is 5.91 Å². The number of likely N-dealkylation sites (tertiary alicyclic amines) is 1. The van der Waals surface area contributed by atoms with Crippen molar-refractivity contribution in [2.45, 2.75) is 38.3 Å². The monoisotopic (exact) mass is 356 g/mol. The second kappa shape index (κ2) is 6.93. The van der Waals surface area contributed by atoms with Gasteiger partial charge in [0, 0.05) is 51.5 Å². The standard InChI is InChI=1S/C18H24N6O2/c1-21-6-3-8-24-16(18(21)26)10-15(20-24)14-4-2-7-23(11-14)17(25)12-22-9-5-19-13-22/h5,9-10,13-14H,2-4,6-8,11-12H2,1H3. The molecule has 1 unspecified atom stereocenters. The summed E-state index contributed by atoms with van der Waals surface area (Å²) in [7, 11) is 1.84. The highest BCUT2D eigenvalue weighted by molar-refractivity contribution is 5.92. The Morgan fingerprint density at radius 1 is 1.27 bits per heavy atom. The molecule has 4 rings (SSSR count). The number of nitrogens with zero attached hydrogens (tertiary/aromatic N) is 6. The van der Waals surface area contributed by atoms with Gasteiger partial charge in [0.25, 0.3) is 5.91 Å². The number of imidazole rings is 1. The van der Waals surface area contributed by atoms with Crippen LogP contribution in [0.2, 0.25) is 0 Å². The van der Waals surface area contributed by atoms with Gasteiger partial charge >= 0.3 is 0 Å². The SMILES string of the molecule is CN1CCCn2nc(C3CCCN(C(=O)Cn4ccnc4)C3)cc2C1=O. The molecule has 0 bridgehead atoms. The van der Waals surface area contributed by atoms with E-state index >= 15 is 0 Å². The Balaban J connectivity index is 1.48. The Bertz CT molecular complexity index is 797. The molecule has 2 aromatic rings. The smallest absolute Gasteiger partial charge is 0.271 e. The molecule has 2 amide bonds. The number of piperidine rings is 1. The van der Waals surface area contributed by atoms with Crippen LogP contribution >= 0.6 is 0 Å². The van der Waals surface area contributed by atoms with Crippen molar-refractivity contribution in [3.8, 4) is 0 Å². The Hall–Kier alpha value is -2.64. The maximum Gasteiger partial charge on any atom is 0.271 e. The van der Waals surface area contributed by atoms with Crippen LogP contribution in [0.1, 0.15) is 41.4 Å². The molecule has 0 spiro atoms. The van der Waals surface area contributed by atoms with Gasteiger partial charge in [-0.15, -0.1) is 0 Å². The molecular weight excluding hydrogens is 332 g/mol. The normalized spacial score (nSPS) is 20.8. The maximum absolute atomic E-state index is 12.6. The molecule has 8 heteroatoms. The van der Waals surface area contributed by atoms with Crippen LogP contribution in [-0.4, -0.2) is 67.6 Å². The molecule has 8 nitrogen and oxygen atoms in total. The predicted octanol–water partition coefficient (Wildman–Crippen LogP) is 0.961. The third-order valence-electron chi connectivity index (χ3n) is 5.30. The molecule has 138 valence electrons. The molecule has 2 aromatic heterocycles. The fourth-order valence-electron chi connectivity index (χ4n) is 3.82. The first kappa shape index (κ1) is 16.8. The minimum Gasteiger partial charge on any atom is -0.340 e. The zero-order valence-corrected chi connectivity index (χ0v) is 15.0. The van der Waals surface area contributed by atoms with Crippen molar-refractivity contribution in [1.82, 2.24) is 29.1 Å². The Kier molecular flexibility index (Phi) is 4.48. The van der Waals surface area contributed by atoms with Crippen LogP contribution in [0.15, 0.2) is 24.8 Å². The van der Waals surface area contributed by atoms with E-state index in [2.05, 4.69) is 4.98 Å². The lowest BCUT2D eigenvalue weighted by Gasteiger charge is -2.32. The fraction of sp³-hybridized carbons (Fsp3) is 0.556. The minimum atomic E-state index is 0.0325. The molecule has 2 aliphatic heterocycles. The number of carbonyl (C=O) groups excluding carboxylic acids is 2. The lowest BCUT2D eigenvalue weighted by molar-refractivity contribution is -0.133. The molecule has 0 radical (unpaired) electrons. The highest BCUT2D eigenvalue weighted by Gasteiger charge is 2.29. The van der Waals surface area contributed by atoms with Gasteiger partial charge in [0.15, 0.2) is 0 Å². The number of hydrogen-bond acceptors (Lipinski definition) is 4. The van der Waals surface area contributed by atoms with E-state index in [1.807, 2.05) is 22.7 Å². The van der Waals surface area contributed by atoms with Crippen molar-refractivity contribution in [3.05, 3.63) is 36.2 Å². The second-order valence-electron chi connectivity index (χ2n) is 7.17. The van der Waals surface area contributed by atoms with Crippen LogP contribution in [-0.2, 0) is 17.9 Å². The maximum atomic E-state index is 12.6. The fourth-order valence-corrected chi connectivity index (χ4v) is 3.82. The second-order valence-corrected chi connectivity index (χ2v) is 7.17. The van der Waals surface area contributed by atoms with Gasteiger partial charge in [0.05, 0.1) is 12.0 Å². The molecular formula is C18H24N6O2. The number of carbonyl (C=O) groups is 2. The van der Waals surface area contributed by atoms with Crippen molar-refractivity contribution < 1.29 is 9.59 Å². The van der Waals surface area contributed by atoms with E-state index in [-0.39, 0.29) is 17.7 Å². The van der Waals surface area contributed by atoms with E-state index in [9.17, 15) is 9.59 Å². The molecule has 0 aromatic carbocycles. The molecule has 2 aliphatic rings. The lowest BCUT2D eigenvalue weighted by atomic mass is 9.94. The van der Waals surface area contributed by atoms with E-state index in [1.165, 1.54) is 0 Å². The number of aryl methyl sites for hydroxylation is 1. The van der Waals surface area contributed by atoms with Crippen LogP contribution in [0, 0.1) is 0 Å². The van der Waals surface area contributed by atoms with Crippen molar-refractivity contribution >= 4 is 11.8 Å². The first-order valence-electron chi connectivity index (χ1n) is 9.18. The van der Waals surface area contributed by atoms with E-state index in [4.69, 9.17) is 5.10 Å². The highest BCUT2D eigenvalue weighted by Crippen LogP contribution is 2.27. The quantitative estimate of drug-likeness (QED) is 0.821. The lowest BCUT2D eigenvalue weighted by Crippen LogP contribution is -2.40.